The molecule has 0 spiro atoms. The van der Waals surface area contributed by atoms with Crippen molar-refractivity contribution in [3.8, 4) is 0 Å². The van der Waals surface area contributed by atoms with Crippen molar-refractivity contribution in [3.05, 3.63) is 0 Å². The molecule has 1 N–H and O–H groups in total. The lowest BCUT2D eigenvalue weighted by atomic mass is 9.76. The van der Waals surface area contributed by atoms with Crippen LogP contribution in [0.4, 0.5) is 0 Å². The lowest BCUT2D eigenvalue weighted by Gasteiger charge is -2.22. The predicted molar refractivity (Wildman–Crippen MR) is 62.6 cm³/mol. The van der Waals surface area contributed by atoms with Gasteiger partial charge in [-0.05, 0) is 32.1 Å². The third-order valence-corrected chi connectivity index (χ3v) is 4.24. The van der Waals surface area contributed by atoms with Crippen LogP contribution in [-0.4, -0.2) is 36.9 Å². The second-order valence-corrected chi connectivity index (χ2v) is 5.12. The second-order valence-electron chi connectivity index (χ2n) is 5.12. The normalized spacial score (nSPS) is 34.2. The summed E-state index contributed by atoms with van der Waals surface area (Å²) in [5, 5.41) is 8.77. The molecule has 3 atom stereocenters. The van der Waals surface area contributed by atoms with Crippen LogP contribution in [0.15, 0.2) is 0 Å². The minimum atomic E-state index is -1.04. The Balaban J connectivity index is 2.11. The molecule has 0 aromatic heterocycles. The monoisotopic (exact) mass is 256 g/mol. The van der Waals surface area contributed by atoms with Crippen LogP contribution < -0.4 is 0 Å². The number of methoxy groups -OCH3 is 1. The zero-order chi connectivity index (χ0) is 13.2. The van der Waals surface area contributed by atoms with Crippen LogP contribution in [-0.2, 0) is 19.1 Å². The number of rotatable bonds is 5. The Bertz CT molecular complexity index is 340. The fraction of sp³-hybridized carbons (Fsp3) is 0.846. The molecule has 2 fully saturated rings. The standard InChI is InChI=1S/C13H20O5/c1-17-11(15)13-7-4-5-9(13)10(18-12(13)16)6-2-3-8-14/h9-10,14H,2-8H2,1H3/t9-,10?,13-/m0/s1. The summed E-state index contributed by atoms with van der Waals surface area (Å²) in [6, 6.07) is 0. The van der Waals surface area contributed by atoms with Gasteiger partial charge in [-0.25, -0.2) is 0 Å². The Morgan fingerprint density at radius 1 is 1.56 bits per heavy atom. The first-order valence-electron chi connectivity index (χ1n) is 6.57. The van der Waals surface area contributed by atoms with Gasteiger partial charge in [0.05, 0.1) is 7.11 Å². The Kier molecular flexibility index (Phi) is 3.90. The highest BCUT2D eigenvalue weighted by Gasteiger charge is 2.64. The van der Waals surface area contributed by atoms with Gasteiger partial charge in [0.15, 0.2) is 5.41 Å². The van der Waals surface area contributed by atoms with Crippen LogP contribution in [0.2, 0.25) is 0 Å². The Hall–Kier alpha value is -1.10. The van der Waals surface area contributed by atoms with Gasteiger partial charge < -0.3 is 14.6 Å². The van der Waals surface area contributed by atoms with Crippen LogP contribution >= 0.6 is 0 Å². The number of fused-ring (bicyclic) bond motifs is 1. The summed E-state index contributed by atoms with van der Waals surface area (Å²) < 4.78 is 10.2. The first-order valence-corrected chi connectivity index (χ1v) is 6.57. The maximum atomic E-state index is 12.0. The summed E-state index contributed by atoms with van der Waals surface area (Å²) >= 11 is 0. The first kappa shape index (κ1) is 13.3. The fourth-order valence-corrected chi connectivity index (χ4v) is 3.35. The van der Waals surface area contributed by atoms with E-state index in [9.17, 15) is 9.59 Å². The fourth-order valence-electron chi connectivity index (χ4n) is 3.35. The molecule has 102 valence electrons. The number of aliphatic hydroxyl groups is 1. The molecule has 1 saturated heterocycles. The quantitative estimate of drug-likeness (QED) is 0.452. The number of aliphatic hydroxyl groups excluding tert-OH is 1. The highest BCUT2D eigenvalue weighted by atomic mass is 16.6. The van der Waals surface area contributed by atoms with Crippen LogP contribution in [0.25, 0.3) is 0 Å². The largest absolute Gasteiger partial charge is 0.468 e. The summed E-state index contributed by atoms with van der Waals surface area (Å²) in [6.07, 6.45) is 4.28. The summed E-state index contributed by atoms with van der Waals surface area (Å²) in [5.41, 5.74) is -1.04. The molecule has 5 nitrogen and oxygen atoms in total. The van der Waals surface area contributed by atoms with E-state index in [-0.39, 0.29) is 18.6 Å². The summed E-state index contributed by atoms with van der Waals surface area (Å²) in [6.45, 7) is 0.146. The predicted octanol–water partition coefficient (Wildman–Crippen LogP) is 1.03. The lowest BCUT2D eigenvalue weighted by Crippen LogP contribution is -2.39. The smallest absolute Gasteiger partial charge is 0.324 e. The maximum absolute atomic E-state index is 12.0. The minimum Gasteiger partial charge on any atom is -0.468 e. The average molecular weight is 256 g/mol. The number of unbranched alkanes of at least 4 members (excludes halogenated alkanes) is 1. The van der Waals surface area contributed by atoms with Gasteiger partial charge in [0, 0.05) is 12.5 Å². The van der Waals surface area contributed by atoms with Crippen LogP contribution in [0, 0.1) is 11.3 Å². The molecule has 0 bridgehead atoms. The van der Waals surface area contributed by atoms with E-state index >= 15 is 0 Å². The molecule has 1 heterocycles. The highest BCUT2D eigenvalue weighted by molar-refractivity contribution is 6.02. The molecular formula is C13H20O5. The van der Waals surface area contributed by atoms with Crippen molar-refractivity contribution in [2.45, 2.75) is 44.6 Å². The third-order valence-electron chi connectivity index (χ3n) is 4.24. The molecule has 1 unspecified atom stereocenters. The van der Waals surface area contributed by atoms with Crippen molar-refractivity contribution in [1.82, 2.24) is 0 Å². The zero-order valence-electron chi connectivity index (χ0n) is 10.7. The molecule has 1 saturated carbocycles. The summed E-state index contributed by atoms with van der Waals surface area (Å²) in [7, 11) is 1.32. The Labute approximate surface area is 106 Å². The van der Waals surface area contributed by atoms with Crippen molar-refractivity contribution in [3.63, 3.8) is 0 Å². The molecule has 18 heavy (non-hydrogen) atoms. The van der Waals surface area contributed by atoms with E-state index in [1.54, 1.807) is 0 Å². The van der Waals surface area contributed by atoms with E-state index in [0.717, 1.165) is 25.7 Å². The molecule has 0 radical (unpaired) electrons. The van der Waals surface area contributed by atoms with Crippen LogP contribution in [0.5, 0.6) is 0 Å². The molecule has 2 aliphatic rings. The third kappa shape index (κ3) is 1.90. The van der Waals surface area contributed by atoms with Crippen LogP contribution in [0.3, 0.4) is 0 Å². The molecule has 5 heteroatoms. The topological polar surface area (TPSA) is 72.8 Å². The zero-order valence-corrected chi connectivity index (χ0v) is 10.7. The number of carbonyl (C=O) groups excluding carboxylic acids is 2. The van der Waals surface area contributed by atoms with E-state index in [2.05, 4.69) is 0 Å². The molecule has 0 aromatic rings. The number of hydrogen-bond donors (Lipinski definition) is 1. The van der Waals surface area contributed by atoms with E-state index in [1.807, 2.05) is 0 Å². The molecule has 1 aliphatic heterocycles. The van der Waals surface area contributed by atoms with Gasteiger partial charge in [0.1, 0.15) is 6.10 Å². The maximum Gasteiger partial charge on any atom is 0.324 e. The van der Waals surface area contributed by atoms with Gasteiger partial charge in [-0.2, -0.15) is 0 Å². The molecule has 0 amide bonds. The van der Waals surface area contributed by atoms with Crippen molar-refractivity contribution >= 4 is 11.9 Å². The summed E-state index contributed by atoms with van der Waals surface area (Å²) in [4.78, 5) is 24.0. The number of ether oxygens (including phenoxy) is 2. The van der Waals surface area contributed by atoms with E-state index in [4.69, 9.17) is 14.6 Å². The number of hydrogen-bond acceptors (Lipinski definition) is 5. The highest BCUT2D eigenvalue weighted by Crippen LogP contribution is 2.53. The van der Waals surface area contributed by atoms with Gasteiger partial charge in [-0.1, -0.05) is 6.42 Å². The van der Waals surface area contributed by atoms with Crippen molar-refractivity contribution < 1.29 is 24.2 Å². The number of cyclic esters (lactones) is 1. The second kappa shape index (κ2) is 5.26. The van der Waals surface area contributed by atoms with Crippen molar-refractivity contribution in [2.75, 3.05) is 13.7 Å². The average Bonchev–Trinajstić information content (AvgIpc) is 2.91. The van der Waals surface area contributed by atoms with Gasteiger partial charge in [-0.15, -0.1) is 0 Å². The van der Waals surface area contributed by atoms with E-state index < -0.39 is 17.4 Å². The van der Waals surface area contributed by atoms with Gasteiger partial charge in [-0.3, -0.25) is 9.59 Å². The Morgan fingerprint density at radius 3 is 3.00 bits per heavy atom. The number of esters is 2. The lowest BCUT2D eigenvalue weighted by molar-refractivity contribution is -0.163. The number of carbonyl (C=O) groups is 2. The minimum absolute atomic E-state index is 0.0452. The molecule has 0 aromatic carbocycles. The van der Waals surface area contributed by atoms with Crippen molar-refractivity contribution in [1.29, 1.82) is 0 Å². The van der Waals surface area contributed by atoms with Gasteiger partial charge >= 0.3 is 11.9 Å². The van der Waals surface area contributed by atoms with E-state index in [1.165, 1.54) is 7.11 Å². The summed E-state index contributed by atoms with van der Waals surface area (Å²) in [5.74, 6) is -0.901. The SMILES string of the molecule is COC(=O)[C@]12CCC[C@H]1C(CCCCO)OC2=O. The van der Waals surface area contributed by atoms with Crippen LogP contribution in [0.1, 0.15) is 38.5 Å². The molecule has 2 rings (SSSR count). The van der Waals surface area contributed by atoms with E-state index in [0.29, 0.717) is 12.8 Å². The Morgan fingerprint density at radius 2 is 2.33 bits per heavy atom. The van der Waals surface area contributed by atoms with Gasteiger partial charge in [0.25, 0.3) is 0 Å². The first-order chi connectivity index (χ1) is 8.66. The van der Waals surface area contributed by atoms with Crippen molar-refractivity contribution in [2.24, 2.45) is 11.3 Å². The molecule has 1 aliphatic carbocycles. The van der Waals surface area contributed by atoms with Gasteiger partial charge in [0.2, 0.25) is 0 Å². The molecular weight excluding hydrogens is 236 g/mol.